The van der Waals surface area contributed by atoms with Gasteiger partial charge in [0.25, 0.3) is 0 Å². The number of aliphatic imine (C=N–C) groups is 1. The molecule has 1 heterocycles. The van der Waals surface area contributed by atoms with Gasteiger partial charge in [-0.25, -0.2) is 0 Å². The summed E-state index contributed by atoms with van der Waals surface area (Å²) >= 11 is 0. The van der Waals surface area contributed by atoms with Crippen molar-refractivity contribution in [2.24, 2.45) is 16.6 Å². The number of halogens is 4. The Morgan fingerprint density at radius 1 is 1.22 bits per heavy atom. The first-order valence-electron chi connectivity index (χ1n) is 8.55. The second-order valence-corrected chi connectivity index (χ2v) is 6.63. The molecule has 0 spiro atoms. The highest BCUT2D eigenvalue weighted by Crippen LogP contribution is 2.23. The number of rotatable bonds is 6. The average molecular weight is 501 g/mol. The molecule has 1 aromatic carbocycles. The van der Waals surface area contributed by atoms with Crippen LogP contribution in [-0.2, 0) is 0 Å². The van der Waals surface area contributed by atoms with Gasteiger partial charge >= 0.3 is 6.36 Å². The van der Waals surface area contributed by atoms with E-state index in [0.717, 1.165) is 32.7 Å². The van der Waals surface area contributed by atoms with Crippen LogP contribution in [0, 0.1) is 5.92 Å². The molecule has 0 saturated carbocycles. The van der Waals surface area contributed by atoms with Gasteiger partial charge in [-0.3, -0.25) is 4.99 Å². The fraction of sp³-hybridized carbons (Fsp3) is 0.588. The third-order valence-corrected chi connectivity index (χ3v) is 4.10. The van der Waals surface area contributed by atoms with Gasteiger partial charge in [0.15, 0.2) is 5.96 Å². The molecule has 1 saturated heterocycles. The minimum atomic E-state index is -4.70. The number of hydrogen-bond donors (Lipinski definition) is 2. The molecular formula is C17H27F3IN5O. The summed E-state index contributed by atoms with van der Waals surface area (Å²) in [6.45, 7) is 7.95. The standard InChI is InChI=1S/C17H26F3N5O.HI/c1-13(12-25-9-7-24(2)8-10-25)11-22-16(21)23-14-3-5-15(6-4-14)26-17(18,19)20;/h3-6,13H,7-12H2,1-2H3,(H3,21,22,23);1H. The van der Waals surface area contributed by atoms with E-state index in [1.54, 1.807) is 0 Å². The molecule has 1 atom stereocenters. The monoisotopic (exact) mass is 501 g/mol. The number of piperazine rings is 1. The van der Waals surface area contributed by atoms with E-state index >= 15 is 0 Å². The van der Waals surface area contributed by atoms with Crippen molar-refractivity contribution in [1.29, 1.82) is 0 Å². The summed E-state index contributed by atoms with van der Waals surface area (Å²) in [5, 5.41) is 2.87. The van der Waals surface area contributed by atoms with Crippen LogP contribution in [-0.4, -0.2) is 68.4 Å². The predicted octanol–water partition coefficient (Wildman–Crippen LogP) is 2.81. The van der Waals surface area contributed by atoms with Crippen molar-refractivity contribution in [3.8, 4) is 5.75 Å². The third kappa shape index (κ3) is 9.47. The summed E-state index contributed by atoms with van der Waals surface area (Å²) in [6.07, 6.45) is -4.70. The van der Waals surface area contributed by atoms with Crippen LogP contribution in [0.5, 0.6) is 5.75 Å². The van der Waals surface area contributed by atoms with Gasteiger partial charge in [0.1, 0.15) is 5.75 Å². The molecule has 0 aliphatic carbocycles. The van der Waals surface area contributed by atoms with Crippen LogP contribution in [0.2, 0.25) is 0 Å². The van der Waals surface area contributed by atoms with Crippen LogP contribution >= 0.6 is 24.0 Å². The Hall–Kier alpha value is -1.27. The van der Waals surface area contributed by atoms with Crippen LogP contribution in [0.1, 0.15) is 6.92 Å². The highest BCUT2D eigenvalue weighted by Gasteiger charge is 2.30. The number of guanidine groups is 1. The number of anilines is 1. The molecule has 1 unspecified atom stereocenters. The second kappa shape index (κ2) is 10.9. The maximum absolute atomic E-state index is 12.1. The Kier molecular flexibility index (Phi) is 9.60. The van der Waals surface area contributed by atoms with Crippen molar-refractivity contribution in [3.05, 3.63) is 24.3 Å². The molecule has 6 nitrogen and oxygen atoms in total. The quantitative estimate of drug-likeness (QED) is 0.357. The number of nitrogens with two attached hydrogens (primary N) is 1. The SMILES string of the molecule is CC(CN=C(N)Nc1ccc(OC(F)(F)F)cc1)CN1CCN(C)CC1.I. The lowest BCUT2D eigenvalue weighted by Crippen LogP contribution is -2.46. The molecule has 10 heteroatoms. The molecule has 27 heavy (non-hydrogen) atoms. The average Bonchev–Trinajstić information content (AvgIpc) is 2.56. The number of alkyl halides is 3. The van der Waals surface area contributed by atoms with Gasteiger partial charge in [-0.15, -0.1) is 37.1 Å². The normalized spacial score (nSPS) is 17.9. The fourth-order valence-electron chi connectivity index (χ4n) is 2.71. The van der Waals surface area contributed by atoms with Crippen LogP contribution in [0.3, 0.4) is 0 Å². The lowest BCUT2D eigenvalue weighted by Gasteiger charge is -2.33. The van der Waals surface area contributed by atoms with Crippen molar-refractivity contribution in [3.63, 3.8) is 0 Å². The van der Waals surface area contributed by atoms with Crippen molar-refractivity contribution in [1.82, 2.24) is 9.80 Å². The topological polar surface area (TPSA) is 66.1 Å². The van der Waals surface area contributed by atoms with Crippen molar-refractivity contribution < 1.29 is 17.9 Å². The Labute approximate surface area is 174 Å². The highest BCUT2D eigenvalue weighted by atomic mass is 127. The number of nitrogens with one attached hydrogen (secondary N) is 1. The molecular weight excluding hydrogens is 474 g/mol. The molecule has 1 aliphatic rings. The number of benzene rings is 1. The van der Waals surface area contributed by atoms with Gasteiger partial charge in [0.05, 0.1) is 0 Å². The van der Waals surface area contributed by atoms with Gasteiger partial charge in [0, 0.05) is 45.0 Å². The summed E-state index contributed by atoms with van der Waals surface area (Å²) < 4.78 is 40.2. The molecule has 0 bridgehead atoms. The number of hydrogen-bond acceptors (Lipinski definition) is 4. The first kappa shape index (κ1) is 23.8. The summed E-state index contributed by atoms with van der Waals surface area (Å²) in [4.78, 5) is 9.05. The van der Waals surface area contributed by atoms with E-state index < -0.39 is 6.36 Å². The minimum absolute atomic E-state index is 0. The van der Waals surface area contributed by atoms with Crippen molar-refractivity contribution in [2.75, 3.05) is 51.6 Å². The summed E-state index contributed by atoms with van der Waals surface area (Å²) in [5.74, 6) is 0.320. The van der Waals surface area contributed by atoms with Gasteiger partial charge < -0.3 is 25.6 Å². The van der Waals surface area contributed by atoms with Gasteiger partial charge in [-0.1, -0.05) is 6.92 Å². The molecule has 1 aliphatic heterocycles. The zero-order valence-corrected chi connectivity index (χ0v) is 17.8. The molecule has 1 fully saturated rings. The Balaban J connectivity index is 0.00000364. The van der Waals surface area contributed by atoms with E-state index in [1.165, 1.54) is 24.3 Å². The molecule has 3 N–H and O–H groups in total. The fourth-order valence-corrected chi connectivity index (χ4v) is 2.71. The Morgan fingerprint density at radius 2 is 1.81 bits per heavy atom. The number of nitrogens with zero attached hydrogens (tertiary/aromatic N) is 3. The maximum Gasteiger partial charge on any atom is 0.573 e. The summed E-state index contributed by atoms with van der Waals surface area (Å²) in [6, 6.07) is 5.35. The molecule has 0 amide bonds. The van der Waals surface area contributed by atoms with E-state index in [9.17, 15) is 13.2 Å². The molecule has 0 radical (unpaired) electrons. The largest absolute Gasteiger partial charge is 0.573 e. The van der Waals surface area contributed by atoms with Gasteiger partial charge in [-0.2, -0.15) is 0 Å². The van der Waals surface area contributed by atoms with E-state index in [1.807, 2.05) is 0 Å². The molecule has 0 aromatic heterocycles. The van der Waals surface area contributed by atoms with Gasteiger partial charge in [-0.05, 0) is 37.2 Å². The second-order valence-electron chi connectivity index (χ2n) is 6.63. The van der Waals surface area contributed by atoms with Crippen molar-refractivity contribution in [2.45, 2.75) is 13.3 Å². The number of likely N-dealkylation sites (N-methyl/N-ethyl adjacent to an activating group) is 1. The summed E-state index contributed by atoms with van der Waals surface area (Å²) in [7, 11) is 2.12. The predicted molar refractivity (Wildman–Crippen MR) is 112 cm³/mol. The van der Waals surface area contributed by atoms with E-state index in [4.69, 9.17) is 5.73 Å². The maximum atomic E-state index is 12.1. The Morgan fingerprint density at radius 3 is 2.37 bits per heavy atom. The van der Waals surface area contributed by atoms with E-state index in [0.29, 0.717) is 18.2 Å². The van der Waals surface area contributed by atoms with Crippen LogP contribution < -0.4 is 15.8 Å². The molecule has 1 aromatic rings. The van der Waals surface area contributed by atoms with E-state index in [-0.39, 0.29) is 35.7 Å². The minimum Gasteiger partial charge on any atom is -0.406 e. The lowest BCUT2D eigenvalue weighted by atomic mass is 10.1. The highest BCUT2D eigenvalue weighted by molar-refractivity contribution is 14.0. The van der Waals surface area contributed by atoms with E-state index in [2.05, 4.69) is 38.8 Å². The summed E-state index contributed by atoms with van der Waals surface area (Å²) in [5.41, 5.74) is 6.40. The van der Waals surface area contributed by atoms with Crippen LogP contribution in [0.4, 0.5) is 18.9 Å². The third-order valence-electron chi connectivity index (χ3n) is 4.10. The van der Waals surface area contributed by atoms with Crippen LogP contribution in [0.15, 0.2) is 29.3 Å². The zero-order valence-electron chi connectivity index (χ0n) is 15.5. The van der Waals surface area contributed by atoms with Crippen LogP contribution in [0.25, 0.3) is 0 Å². The molecule has 2 rings (SSSR count). The lowest BCUT2D eigenvalue weighted by molar-refractivity contribution is -0.274. The Bertz CT molecular complexity index is 589. The smallest absolute Gasteiger partial charge is 0.406 e. The zero-order chi connectivity index (χ0) is 19.2. The first-order chi connectivity index (χ1) is 12.2. The number of ether oxygens (including phenoxy) is 1. The van der Waals surface area contributed by atoms with Crippen molar-refractivity contribution >= 4 is 35.6 Å². The molecule has 154 valence electrons. The first-order valence-corrected chi connectivity index (χ1v) is 8.55. The van der Waals surface area contributed by atoms with Gasteiger partial charge in [0.2, 0.25) is 0 Å².